The molecule has 0 spiro atoms. The summed E-state index contributed by atoms with van der Waals surface area (Å²) in [6.07, 6.45) is 2.85. The highest BCUT2D eigenvalue weighted by Crippen LogP contribution is 2.42. The minimum absolute atomic E-state index is 0.0880. The Labute approximate surface area is 124 Å². The molecule has 0 amide bonds. The summed E-state index contributed by atoms with van der Waals surface area (Å²) in [4.78, 5) is 19.5. The lowest BCUT2D eigenvalue weighted by atomic mass is 10.2. The van der Waals surface area contributed by atoms with Gasteiger partial charge in [-0.15, -0.1) is 0 Å². The molecule has 1 aromatic rings. The monoisotopic (exact) mass is 294 g/mol. The van der Waals surface area contributed by atoms with Gasteiger partial charge in [0.15, 0.2) is 0 Å². The average Bonchev–Trinajstić information content (AvgIpc) is 3.26. The minimum atomic E-state index is -0.468. The first-order valence-electron chi connectivity index (χ1n) is 7.45. The average molecular weight is 294 g/mol. The van der Waals surface area contributed by atoms with Gasteiger partial charge in [-0.3, -0.25) is 10.1 Å². The van der Waals surface area contributed by atoms with Crippen molar-refractivity contribution in [1.29, 1.82) is 0 Å². The predicted octanol–water partition coefficient (Wildman–Crippen LogP) is 3.12. The second-order valence-electron chi connectivity index (χ2n) is 5.74. The Morgan fingerprint density at radius 2 is 2.14 bits per heavy atom. The van der Waals surface area contributed by atoms with E-state index in [9.17, 15) is 10.1 Å². The molecule has 7 nitrogen and oxygen atoms in total. The second-order valence-corrected chi connectivity index (χ2v) is 5.74. The summed E-state index contributed by atoms with van der Waals surface area (Å²) in [6, 6.07) is 0. The first kappa shape index (κ1) is 15.5. The first-order valence-corrected chi connectivity index (χ1v) is 7.45. The number of nitrogens with zero attached hydrogens (tertiary/aromatic N) is 3. The third-order valence-electron chi connectivity index (χ3n) is 3.12. The van der Waals surface area contributed by atoms with Crippen LogP contribution in [0.1, 0.15) is 51.8 Å². The molecule has 21 heavy (non-hydrogen) atoms. The van der Waals surface area contributed by atoms with Crippen LogP contribution in [0.15, 0.2) is 0 Å². The Balaban J connectivity index is 2.37. The van der Waals surface area contributed by atoms with E-state index in [4.69, 9.17) is 4.74 Å². The zero-order valence-corrected chi connectivity index (χ0v) is 12.8. The zero-order chi connectivity index (χ0) is 15.4. The van der Waals surface area contributed by atoms with Crippen molar-refractivity contribution in [3.05, 3.63) is 15.9 Å². The van der Waals surface area contributed by atoms with Crippen LogP contribution in [-0.4, -0.2) is 28.0 Å². The van der Waals surface area contributed by atoms with Crippen LogP contribution >= 0.6 is 0 Å². The summed E-state index contributed by atoms with van der Waals surface area (Å²) in [6.45, 7) is 7.06. The molecule has 0 aromatic carbocycles. The fourth-order valence-electron chi connectivity index (χ4n) is 1.86. The van der Waals surface area contributed by atoms with Crippen LogP contribution in [0.5, 0.6) is 5.88 Å². The van der Waals surface area contributed by atoms with E-state index in [1.165, 1.54) is 0 Å². The molecule has 1 N–H and O–H groups in total. The van der Waals surface area contributed by atoms with Gasteiger partial charge in [0.1, 0.15) is 5.82 Å². The third kappa shape index (κ3) is 4.03. The van der Waals surface area contributed by atoms with E-state index in [0.29, 0.717) is 30.8 Å². The first-order chi connectivity index (χ1) is 10.0. The number of anilines is 1. The van der Waals surface area contributed by atoms with Gasteiger partial charge in [0.25, 0.3) is 5.88 Å². The van der Waals surface area contributed by atoms with Crippen molar-refractivity contribution in [2.24, 2.45) is 5.92 Å². The maximum atomic E-state index is 11.4. The number of nitrogens with one attached hydrogen (secondary N) is 1. The topological polar surface area (TPSA) is 90.2 Å². The van der Waals surface area contributed by atoms with Gasteiger partial charge < -0.3 is 10.1 Å². The molecular formula is C14H22N4O3. The van der Waals surface area contributed by atoms with Crippen molar-refractivity contribution >= 4 is 11.5 Å². The maximum Gasteiger partial charge on any atom is 0.372 e. The third-order valence-corrected chi connectivity index (χ3v) is 3.12. The zero-order valence-electron chi connectivity index (χ0n) is 12.8. The summed E-state index contributed by atoms with van der Waals surface area (Å²) in [5.41, 5.74) is -0.159. The van der Waals surface area contributed by atoms with Gasteiger partial charge in [0, 0.05) is 12.5 Å². The summed E-state index contributed by atoms with van der Waals surface area (Å²) < 4.78 is 5.48. The van der Waals surface area contributed by atoms with Crippen LogP contribution in [0.25, 0.3) is 0 Å². The van der Waals surface area contributed by atoms with E-state index in [0.717, 1.165) is 19.3 Å². The molecule has 116 valence electrons. The van der Waals surface area contributed by atoms with Gasteiger partial charge in [0.05, 0.1) is 11.5 Å². The molecule has 2 rings (SSSR count). The summed E-state index contributed by atoms with van der Waals surface area (Å²) in [5, 5.41) is 14.4. The summed E-state index contributed by atoms with van der Waals surface area (Å²) in [7, 11) is 0. The van der Waals surface area contributed by atoms with Crippen molar-refractivity contribution < 1.29 is 9.66 Å². The smallest absolute Gasteiger partial charge is 0.372 e. The van der Waals surface area contributed by atoms with Crippen LogP contribution < -0.4 is 10.1 Å². The summed E-state index contributed by atoms with van der Waals surface area (Å²) >= 11 is 0. The largest absolute Gasteiger partial charge is 0.473 e. The lowest BCUT2D eigenvalue weighted by molar-refractivity contribution is -0.385. The number of hydrogen-bond donors (Lipinski definition) is 1. The van der Waals surface area contributed by atoms with Crippen LogP contribution in [0.4, 0.5) is 11.5 Å². The molecule has 1 aliphatic rings. The van der Waals surface area contributed by atoms with E-state index in [2.05, 4.69) is 15.3 Å². The van der Waals surface area contributed by atoms with E-state index < -0.39 is 4.92 Å². The number of ether oxygens (including phenoxy) is 1. The van der Waals surface area contributed by atoms with Crippen LogP contribution in [0.3, 0.4) is 0 Å². The van der Waals surface area contributed by atoms with Crippen LogP contribution in [0, 0.1) is 16.0 Å². The van der Waals surface area contributed by atoms with Crippen LogP contribution in [0.2, 0.25) is 0 Å². The molecule has 0 bridgehead atoms. The molecule has 0 radical (unpaired) electrons. The fourth-order valence-corrected chi connectivity index (χ4v) is 1.86. The highest BCUT2D eigenvalue weighted by atomic mass is 16.6. The molecule has 7 heteroatoms. The molecular weight excluding hydrogens is 272 g/mol. The molecule has 0 aliphatic heterocycles. The standard InChI is InChI=1S/C14H22N4O3/c1-4-7-21-14-11(18(19)20)13(15-8-9(2)3)16-12(17-14)10-5-6-10/h9-10H,4-8H2,1-3H3,(H,15,16,17). The number of nitro groups is 1. The Kier molecular flexibility index (Phi) is 4.93. The van der Waals surface area contributed by atoms with Crippen molar-refractivity contribution in [1.82, 2.24) is 9.97 Å². The van der Waals surface area contributed by atoms with E-state index >= 15 is 0 Å². The Morgan fingerprint density at radius 3 is 2.67 bits per heavy atom. The number of hydrogen-bond acceptors (Lipinski definition) is 6. The lowest BCUT2D eigenvalue weighted by Crippen LogP contribution is -2.14. The van der Waals surface area contributed by atoms with Crippen molar-refractivity contribution in [2.75, 3.05) is 18.5 Å². The van der Waals surface area contributed by atoms with Crippen LogP contribution in [-0.2, 0) is 0 Å². The minimum Gasteiger partial charge on any atom is -0.473 e. The molecule has 1 aliphatic carbocycles. The Morgan fingerprint density at radius 1 is 1.43 bits per heavy atom. The van der Waals surface area contributed by atoms with Crippen molar-refractivity contribution in [2.45, 2.75) is 46.0 Å². The van der Waals surface area contributed by atoms with E-state index in [1.54, 1.807) is 0 Å². The highest BCUT2D eigenvalue weighted by Gasteiger charge is 2.32. The van der Waals surface area contributed by atoms with Gasteiger partial charge in [-0.1, -0.05) is 20.8 Å². The van der Waals surface area contributed by atoms with Gasteiger partial charge in [-0.2, -0.15) is 4.98 Å². The Hall–Kier alpha value is -1.92. The number of aromatic nitrogens is 2. The van der Waals surface area contributed by atoms with Gasteiger partial charge in [-0.25, -0.2) is 4.98 Å². The molecule has 1 saturated carbocycles. The quantitative estimate of drug-likeness (QED) is 0.585. The van der Waals surface area contributed by atoms with Gasteiger partial charge in [-0.05, 0) is 25.2 Å². The SMILES string of the molecule is CCCOc1nc(C2CC2)nc(NCC(C)C)c1[N+](=O)[O-]. The molecule has 0 saturated heterocycles. The molecule has 1 fully saturated rings. The second kappa shape index (κ2) is 6.69. The molecule has 1 heterocycles. The van der Waals surface area contributed by atoms with Crippen molar-refractivity contribution in [3.8, 4) is 5.88 Å². The summed E-state index contributed by atoms with van der Waals surface area (Å²) in [5.74, 6) is 1.69. The number of rotatable bonds is 8. The normalized spacial score (nSPS) is 14.3. The van der Waals surface area contributed by atoms with E-state index in [1.807, 2.05) is 20.8 Å². The maximum absolute atomic E-state index is 11.4. The predicted molar refractivity (Wildman–Crippen MR) is 79.8 cm³/mol. The van der Waals surface area contributed by atoms with Crippen molar-refractivity contribution in [3.63, 3.8) is 0 Å². The molecule has 0 atom stereocenters. The fraction of sp³-hybridized carbons (Fsp3) is 0.714. The van der Waals surface area contributed by atoms with E-state index in [-0.39, 0.29) is 17.4 Å². The van der Waals surface area contributed by atoms with Gasteiger partial charge >= 0.3 is 5.69 Å². The molecule has 0 unspecified atom stereocenters. The Bertz CT molecular complexity index is 515. The molecule has 1 aromatic heterocycles. The lowest BCUT2D eigenvalue weighted by Gasteiger charge is -2.12. The highest BCUT2D eigenvalue weighted by molar-refractivity contribution is 5.62. The van der Waals surface area contributed by atoms with Gasteiger partial charge in [0.2, 0.25) is 5.82 Å².